The quantitative estimate of drug-likeness (QED) is 0.581. The van der Waals surface area contributed by atoms with Crippen LogP contribution in [0.5, 0.6) is 0 Å². The lowest BCUT2D eigenvalue weighted by Crippen LogP contribution is -2.33. The van der Waals surface area contributed by atoms with E-state index in [1.807, 2.05) is 12.1 Å². The van der Waals surface area contributed by atoms with Crippen molar-refractivity contribution in [1.82, 2.24) is 0 Å². The van der Waals surface area contributed by atoms with Crippen LogP contribution in [0.3, 0.4) is 0 Å². The van der Waals surface area contributed by atoms with E-state index < -0.39 is 0 Å². The first-order valence-corrected chi connectivity index (χ1v) is 6.07. The van der Waals surface area contributed by atoms with E-state index >= 15 is 0 Å². The van der Waals surface area contributed by atoms with Crippen molar-refractivity contribution in [3.05, 3.63) is 35.6 Å². The van der Waals surface area contributed by atoms with Crippen LogP contribution in [-0.2, 0) is 10.2 Å². The van der Waals surface area contributed by atoms with Gasteiger partial charge >= 0.3 is 0 Å². The summed E-state index contributed by atoms with van der Waals surface area (Å²) in [6.07, 6.45) is 6.71. The number of nitrogens with zero attached hydrogens (tertiary/aromatic N) is 1. The number of halogens is 1. The molecule has 1 aliphatic carbocycles. The highest BCUT2D eigenvalue weighted by atomic mass is 19.1. The fourth-order valence-electron chi connectivity index (χ4n) is 2.82. The van der Waals surface area contributed by atoms with E-state index in [1.165, 1.54) is 12.5 Å². The monoisotopic (exact) mass is 233 g/mol. The Labute approximate surface area is 101 Å². The first kappa shape index (κ1) is 12.0. The number of hydrogen-bond acceptors (Lipinski definition) is 2. The summed E-state index contributed by atoms with van der Waals surface area (Å²) in [5.41, 5.74) is 0.416. The number of rotatable bonds is 3. The van der Waals surface area contributed by atoms with Crippen LogP contribution in [0, 0.1) is 5.82 Å². The highest BCUT2D eigenvalue weighted by Gasteiger charge is 2.35. The molecular formula is C14H16FNO. The van der Waals surface area contributed by atoms with Crippen molar-refractivity contribution in [2.45, 2.75) is 37.5 Å². The number of hydrogen-bond donors (Lipinski definition) is 0. The van der Waals surface area contributed by atoms with Gasteiger partial charge in [-0.2, -0.15) is 0 Å². The number of benzene rings is 1. The van der Waals surface area contributed by atoms with Gasteiger partial charge in [0.05, 0.1) is 6.54 Å². The third-order valence-corrected chi connectivity index (χ3v) is 3.70. The molecule has 0 aromatic heterocycles. The Morgan fingerprint density at radius 2 is 1.94 bits per heavy atom. The maximum Gasteiger partial charge on any atom is 0.234 e. The Morgan fingerprint density at radius 3 is 2.59 bits per heavy atom. The molecule has 1 aromatic rings. The van der Waals surface area contributed by atoms with E-state index in [0.29, 0.717) is 12.1 Å². The van der Waals surface area contributed by atoms with E-state index in [9.17, 15) is 9.18 Å². The lowest BCUT2D eigenvalue weighted by molar-refractivity contribution is 0.292. The Bertz CT molecular complexity index is 432. The SMILES string of the molecule is O=C=NCC1(c2ccccc2F)CCCCC1. The number of aliphatic imine (C=N–C) groups is 1. The maximum absolute atomic E-state index is 13.9. The summed E-state index contributed by atoms with van der Waals surface area (Å²) >= 11 is 0. The summed E-state index contributed by atoms with van der Waals surface area (Å²) in [5.74, 6) is -0.185. The molecule has 90 valence electrons. The van der Waals surface area contributed by atoms with Crippen molar-refractivity contribution >= 4 is 6.08 Å². The Hall–Kier alpha value is -1.47. The van der Waals surface area contributed by atoms with Gasteiger partial charge in [-0.3, -0.25) is 0 Å². The molecule has 0 N–H and O–H groups in total. The van der Waals surface area contributed by atoms with Gasteiger partial charge in [0.25, 0.3) is 0 Å². The highest BCUT2D eigenvalue weighted by Crippen LogP contribution is 2.40. The fraction of sp³-hybridized carbons (Fsp3) is 0.500. The predicted octanol–water partition coefficient (Wildman–Crippen LogP) is 3.36. The first-order valence-electron chi connectivity index (χ1n) is 6.07. The molecule has 3 heteroatoms. The summed E-state index contributed by atoms with van der Waals surface area (Å²) < 4.78 is 13.9. The fourth-order valence-corrected chi connectivity index (χ4v) is 2.82. The van der Waals surface area contributed by atoms with Crippen LogP contribution >= 0.6 is 0 Å². The van der Waals surface area contributed by atoms with Crippen LogP contribution in [0.2, 0.25) is 0 Å². The molecule has 0 amide bonds. The number of carbonyl (C=O) groups excluding carboxylic acids is 1. The zero-order chi connectivity index (χ0) is 12.1. The summed E-state index contributed by atoms with van der Waals surface area (Å²) in [4.78, 5) is 14.0. The van der Waals surface area contributed by atoms with Crippen molar-refractivity contribution in [3.63, 3.8) is 0 Å². The Morgan fingerprint density at radius 1 is 1.24 bits per heavy atom. The normalized spacial score (nSPS) is 18.4. The van der Waals surface area contributed by atoms with E-state index in [4.69, 9.17) is 0 Å². The molecule has 0 unspecified atom stereocenters. The van der Waals surface area contributed by atoms with E-state index in [2.05, 4.69) is 4.99 Å². The zero-order valence-electron chi connectivity index (χ0n) is 9.79. The molecule has 1 aliphatic rings. The molecule has 0 spiro atoms. The second kappa shape index (κ2) is 5.24. The van der Waals surface area contributed by atoms with Crippen LogP contribution in [-0.4, -0.2) is 12.6 Å². The topological polar surface area (TPSA) is 29.4 Å². The van der Waals surface area contributed by atoms with Gasteiger partial charge in [0.2, 0.25) is 6.08 Å². The third kappa shape index (κ3) is 2.45. The van der Waals surface area contributed by atoms with Crippen LogP contribution < -0.4 is 0 Å². The van der Waals surface area contributed by atoms with Crippen LogP contribution in [0.1, 0.15) is 37.7 Å². The van der Waals surface area contributed by atoms with Gasteiger partial charge in [-0.05, 0) is 24.5 Å². The molecule has 1 aromatic carbocycles. The minimum absolute atomic E-state index is 0.185. The molecule has 0 radical (unpaired) electrons. The Kier molecular flexibility index (Phi) is 3.70. The molecule has 0 saturated heterocycles. The van der Waals surface area contributed by atoms with E-state index in [0.717, 1.165) is 25.7 Å². The standard InChI is InChI=1S/C14H16FNO/c15-13-7-3-2-6-12(13)14(10-16-11-17)8-4-1-5-9-14/h2-3,6-7H,1,4-5,8-10H2. The molecule has 0 atom stereocenters. The molecule has 0 heterocycles. The minimum Gasteiger partial charge on any atom is -0.211 e. The average molecular weight is 233 g/mol. The largest absolute Gasteiger partial charge is 0.234 e. The van der Waals surface area contributed by atoms with E-state index in [-0.39, 0.29) is 11.2 Å². The smallest absolute Gasteiger partial charge is 0.211 e. The van der Waals surface area contributed by atoms with Crippen molar-refractivity contribution in [1.29, 1.82) is 0 Å². The van der Waals surface area contributed by atoms with Gasteiger partial charge in [-0.15, -0.1) is 0 Å². The van der Waals surface area contributed by atoms with Gasteiger partial charge in [0.1, 0.15) is 5.82 Å². The second-order valence-corrected chi connectivity index (χ2v) is 4.73. The first-order chi connectivity index (χ1) is 8.28. The van der Waals surface area contributed by atoms with Crippen molar-refractivity contribution in [3.8, 4) is 0 Å². The summed E-state index contributed by atoms with van der Waals surface area (Å²) in [7, 11) is 0. The van der Waals surface area contributed by atoms with Gasteiger partial charge in [0.15, 0.2) is 0 Å². The van der Waals surface area contributed by atoms with Crippen LogP contribution in [0.4, 0.5) is 4.39 Å². The third-order valence-electron chi connectivity index (χ3n) is 3.70. The maximum atomic E-state index is 13.9. The van der Waals surface area contributed by atoms with Crippen LogP contribution in [0.15, 0.2) is 29.3 Å². The molecule has 2 nitrogen and oxygen atoms in total. The minimum atomic E-state index is -0.291. The molecular weight excluding hydrogens is 217 g/mol. The van der Waals surface area contributed by atoms with Crippen molar-refractivity contribution in [2.24, 2.45) is 4.99 Å². The lowest BCUT2D eigenvalue weighted by atomic mass is 9.69. The molecule has 0 aliphatic heterocycles. The molecule has 0 bridgehead atoms. The molecule has 1 saturated carbocycles. The van der Waals surface area contributed by atoms with Gasteiger partial charge in [-0.1, -0.05) is 37.5 Å². The summed E-state index contributed by atoms with van der Waals surface area (Å²) in [6.45, 7) is 0.359. The summed E-state index contributed by atoms with van der Waals surface area (Å²) in [6, 6.07) is 6.84. The predicted molar refractivity (Wildman–Crippen MR) is 64.2 cm³/mol. The second-order valence-electron chi connectivity index (χ2n) is 4.73. The lowest BCUT2D eigenvalue weighted by Gasteiger charge is -2.36. The Balaban J connectivity index is 2.38. The van der Waals surface area contributed by atoms with Gasteiger partial charge in [0, 0.05) is 5.41 Å². The van der Waals surface area contributed by atoms with E-state index in [1.54, 1.807) is 12.1 Å². The van der Waals surface area contributed by atoms with Crippen molar-refractivity contribution in [2.75, 3.05) is 6.54 Å². The molecule has 2 rings (SSSR count). The number of isocyanates is 1. The van der Waals surface area contributed by atoms with Crippen molar-refractivity contribution < 1.29 is 9.18 Å². The van der Waals surface area contributed by atoms with Gasteiger partial charge < -0.3 is 0 Å². The average Bonchev–Trinajstić information content (AvgIpc) is 2.38. The highest BCUT2D eigenvalue weighted by molar-refractivity contribution is 5.35. The molecule has 1 fully saturated rings. The summed E-state index contributed by atoms with van der Waals surface area (Å²) in [5, 5.41) is 0. The van der Waals surface area contributed by atoms with Crippen LogP contribution in [0.25, 0.3) is 0 Å². The van der Waals surface area contributed by atoms with Gasteiger partial charge in [-0.25, -0.2) is 14.2 Å². The zero-order valence-corrected chi connectivity index (χ0v) is 9.79. The molecule has 17 heavy (non-hydrogen) atoms.